The molecule has 4 amide bonds. The molecule has 0 bridgehead atoms. The van der Waals surface area contributed by atoms with E-state index in [1.54, 1.807) is 0 Å². The van der Waals surface area contributed by atoms with Crippen molar-refractivity contribution in [3.05, 3.63) is 35.9 Å². The third kappa shape index (κ3) is 11.4. The minimum Gasteiger partial charge on any atom is -0.346 e. The summed E-state index contributed by atoms with van der Waals surface area (Å²) < 4.78 is 2.75. The van der Waals surface area contributed by atoms with Gasteiger partial charge >= 0.3 is 0 Å². The van der Waals surface area contributed by atoms with Crippen molar-refractivity contribution in [3.63, 3.8) is 0 Å². The molecule has 1 aromatic carbocycles. The zero-order chi connectivity index (χ0) is 22.5. The van der Waals surface area contributed by atoms with Crippen LogP contribution in [-0.2, 0) is 25.6 Å². The fourth-order valence-corrected chi connectivity index (χ4v) is 3.00. The van der Waals surface area contributed by atoms with E-state index < -0.39 is 28.9 Å². The summed E-state index contributed by atoms with van der Waals surface area (Å²) in [5.41, 5.74) is 0.859. The largest absolute Gasteiger partial charge is 0.346 e. The fraction of sp³-hybridized carbons (Fsp3) is 0.500. The predicted octanol–water partition coefficient (Wildman–Crippen LogP) is -0.764. The standard InChI is InChI=1S/C20H33N5O4S/c1-14(2)21-11-17(26)22-12-18(27)24-16(10-15-8-6-5-7-9-15)20(29)23-13-19(28)25-30(3)4/h5-9,14,16,21,30H,10-13H2,1-4H3,(H,22,26)(H,23,29)(H,24,27)(H,25,28)/t16-/m0/s1. The molecule has 0 spiro atoms. The van der Waals surface area contributed by atoms with Gasteiger partial charge in [0.2, 0.25) is 23.6 Å². The van der Waals surface area contributed by atoms with Crippen LogP contribution in [0.1, 0.15) is 19.4 Å². The molecule has 0 aromatic heterocycles. The molecule has 0 radical (unpaired) electrons. The van der Waals surface area contributed by atoms with E-state index >= 15 is 0 Å². The Balaban J connectivity index is 2.64. The average molecular weight is 440 g/mol. The SMILES string of the molecule is CC(C)NCC(=O)NCC(=O)N[C@@H](Cc1ccccc1)C(=O)NCC(=O)N[SH](C)C. The summed E-state index contributed by atoms with van der Waals surface area (Å²) >= 11 is -0.624. The highest BCUT2D eigenvalue weighted by molar-refractivity contribution is 8.14. The summed E-state index contributed by atoms with van der Waals surface area (Å²) in [6.45, 7) is 3.52. The van der Waals surface area contributed by atoms with Crippen LogP contribution in [0.15, 0.2) is 30.3 Å². The first kappa shape index (κ1) is 25.4. The third-order valence-electron chi connectivity index (χ3n) is 3.82. The lowest BCUT2D eigenvalue weighted by molar-refractivity contribution is -0.130. The number of nitrogens with one attached hydrogen (secondary N) is 5. The number of benzene rings is 1. The van der Waals surface area contributed by atoms with Gasteiger partial charge in [-0.1, -0.05) is 44.2 Å². The summed E-state index contributed by atoms with van der Waals surface area (Å²) in [4.78, 5) is 48.4. The van der Waals surface area contributed by atoms with E-state index in [9.17, 15) is 19.2 Å². The van der Waals surface area contributed by atoms with Crippen LogP contribution >= 0.6 is 11.1 Å². The molecule has 0 saturated carbocycles. The predicted molar refractivity (Wildman–Crippen MR) is 120 cm³/mol. The first-order valence-electron chi connectivity index (χ1n) is 9.75. The number of carbonyl (C=O) groups excluding carboxylic acids is 4. The van der Waals surface area contributed by atoms with Crippen molar-refractivity contribution in [2.45, 2.75) is 32.4 Å². The van der Waals surface area contributed by atoms with Crippen molar-refractivity contribution >= 4 is 34.7 Å². The molecule has 1 aromatic rings. The van der Waals surface area contributed by atoms with E-state index in [2.05, 4.69) is 26.0 Å². The highest BCUT2D eigenvalue weighted by atomic mass is 32.2. The number of carbonyl (C=O) groups is 4. The van der Waals surface area contributed by atoms with E-state index in [1.165, 1.54) is 0 Å². The third-order valence-corrected chi connectivity index (χ3v) is 4.52. The second kappa shape index (κ2) is 13.6. The summed E-state index contributed by atoms with van der Waals surface area (Å²) in [6.07, 6.45) is 4.04. The lowest BCUT2D eigenvalue weighted by Crippen LogP contribution is -2.52. The minimum absolute atomic E-state index is 0.103. The molecule has 10 heteroatoms. The summed E-state index contributed by atoms with van der Waals surface area (Å²) in [7, 11) is 0. The summed E-state index contributed by atoms with van der Waals surface area (Å²) in [5, 5.41) is 10.7. The number of hydrogen-bond donors (Lipinski definition) is 6. The zero-order valence-corrected chi connectivity index (χ0v) is 18.8. The molecule has 0 aliphatic carbocycles. The Morgan fingerprint density at radius 1 is 0.867 bits per heavy atom. The quantitative estimate of drug-likeness (QED) is 0.239. The Labute approximate surface area is 180 Å². The van der Waals surface area contributed by atoms with Gasteiger partial charge in [0.1, 0.15) is 6.04 Å². The van der Waals surface area contributed by atoms with Gasteiger partial charge in [-0.25, -0.2) is 0 Å². The molecule has 0 unspecified atom stereocenters. The second-order valence-corrected chi connectivity index (χ2v) is 9.28. The van der Waals surface area contributed by atoms with Gasteiger partial charge in [-0.3, -0.25) is 19.2 Å². The Morgan fingerprint density at radius 3 is 2.10 bits per heavy atom. The molecule has 30 heavy (non-hydrogen) atoms. The first-order chi connectivity index (χ1) is 14.2. The van der Waals surface area contributed by atoms with Gasteiger partial charge in [0.25, 0.3) is 0 Å². The van der Waals surface area contributed by atoms with Crippen molar-refractivity contribution in [1.82, 2.24) is 26.0 Å². The molecule has 1 atom stereocenters. The molecular weight excluding hydrogens is 406 g/mol. The summed E-state index contributed by atoms with van der Waals surface area (Å²) in [5.74, 6) is -1.55. The van der Waals surface area contributed by atoms with E-state index in [0.29, 0.717) is 0 Å². The highest BCUT2D eigenvalue weighted by Crippen LogP contribution is 2.05. The maximum atomic E-state index is 12.6. The van der Waals surface area contributed by atoms with Crippen LogP contribution in [0.3, 0.4) is 0 Å². The van der Waals surface area contributed by atoms with Crippen LogP contribution in [0.4, 0.5) is 0 Å². The monoisotopic (exact) mass is 439 g/mol. The first-order valence-corrected chi connectivity index (χ1v) is 12.0. The van der Waals surface area contributed by atoms with Crippen molar-refractivity contribution in [2.24, 2.45) is 0 Å². The molecule has 0 aliphatic rings. The van der Waals surface area contributed by atoms with Gasteiger partial charge in [-0.05, 0) is 18.1 Å². The van der Waals surface area contributed by atoms with Crippen LogP contribution in [0.2, 0.25) is 0 Å². The molecule has 9 nitrogen and oxygen atoms in total. The molecular formula is C20H33N5O4S. The van der Waals surface area contributed by atoms with Gasteiger partial charge in [0.15, 0.2) is 0 Å². The molecule has 0 heterocycles. The minimum atomic E-state index is -0.872. The van der Waals surface area contributed by atoms with Gasteiger partial charge in [-0.2, -0.15) is 11.1 Å². The van der Waals surface area contributed by atoms with E-state index in [4.69, 9.17) is 0 Å². The van der Waals surface area contributed by atoms with Gasteiger partial charge in [0.05, 0.1) is 19.6 Å². The molecule has 168 valence electrons. The Bertz CT molecular complexity index is 712. The van der Waals surface area contributed by atoms with Crippen molar-refractivity contribution in [2.75, 3.05) is 32.1 Å². The highest BCUT2D eigenvalue weighted by Gasteiger charge is 2.22. The van der Waals surface area contributed by atoms with Gasteiger partial charge < -0.3 is 26.0 Å². The smallest absolute Gasteiger partial charge is 0.247 e. The molecule has 1 rings (SSSR count). The second-order valence-electron chi connectivity index (χ2n) is 7.27. The average Bonchev–Trinajstić information content (AvgIpc) is 2.68. The maximum absolute atomic E-state index is 12.6. The van der Waals surface area contributed by atoms with Crippen molar-refractivity contribution in [3.8, 4) is 0 Å². The van der Waals surface area contributed by atoms with Crippen LogP contribution < -0.4 is 26.0 Å². The summed E-state index contributed by atoms with van der Waals surface area (Å²) in [6, 6.07) is 8.51. The van der Waals surface area contributed by atoms with E-state index in [0.717, 1.165) is 5.56 Å². The maximum Gasteiger partial charge on any atom is 0.247 e. The topological polar surface area (TPSA) is 128 Å². The normalized spacial score (nSPS) is 12.0. The van der Waals surface area contributed by atoms with Gasteiger partial charge in [0, 0.05) is 12.5 Å². The van der Waals surface area contributed by atoms with Crippen LogP contribution in [0.5, 0.6) is 0 Å². The molecule has 0 fully saturated rings. The number of hydrogen-bond acceptors (Lipinski definition) is 5. The van der Waals surface area contributed by atoms with Crippen molar-refractivity contribution < 1.29 is 19.2 Å². The van der Waals surface area contributed by atoms with E-state index in [1.807, 2.05) is 56.7 Å². The number of rotatable bonds is 12. The lowest BCUT2D eigenvalue weighted by atomic mass is 10.1. The Kier molecular flexibility index (Phi) is 11.5. The number of amides is 4. The van der Waals surface area contributed by atoms with E-state index in [-0.39, 0.29) is 43.9 Å². The Morgan fingerprint density at radius 2 is 1.50 bits per heavy atom. The lowest BCUT2D eigenvalue weighted by Gasteiger charge is -2.19. The van der Waals surface area contributed by atoms with Crippen LogP contribution in [-0.4, -0.2) is 67.9 Å². The molecule has 0 aliphatic heterocycles. The van der Waals surface area contributed by atoms with Gasteiger partial charge in [-0.15, -0.1) is 0 Å². The fourth-order valence-electron chi connectivity index (χ4n) is 2.42. The Hall–Kier alpha value is -2.59. The van der Waals surface area contributed by atoms with Crippen LogP contribution in [0.25, 0.3) is 0 Å². The molecule has 5 N–H and O–H groups in total. The molecule has 0 saturated heterocycles. The number of thiol groups is 1. The zero-order valence-electron chi connectivity index (χ0n) is 18.0. The van der Waals surface area contributed by atoms with Crippen molar-refractivity contribution in [1.29, 1.82) is 0 Å². The van der Waals surface area contributed by atoms with Crippen LogP contribution in [0, 0.1) is 0 Å².